The number of rotatable bonds is 4. The van der Waals surface area contributed by atoms with Gasteiger partial charge in [-0.2, -0.15) is 0 Å². The summed E-state index contributed by atoms with van der Waals surface area (Å²) in [5.74, 6) is -0.964. The summed E-state index contributed by atoms with van der Waals surface area (Å²) in [4.78, 5) is 15.5. The Hall–Kier alpha value is -2.88. The number of fused-ring (bicyclic) bond motifs is 1. The predicted molar refractivity (Wildman–Crippen MR) is 85.8 cm³/mol. The van der Waals surface area contributed by atoms with Crippen molar-refractivity contribution in [2.45, 2.75) is 13.3 Å². The second kappa shape index (κ2) is 5.85. The van der Waals surface area contributed by atoms with Crippen LogP contribution in [0.25, 0.3) is 11.7 Å². The van der Waals surface area contributed by atoms with Crippen LogP contribution >= 0.6 is 0 Å². The maximum Gasteiger partial charge on any atom is 0.328 e. The van der Waals surface area contributed by atoms with E-state index < -0.39 is 5.97 Å². The summed E-state index contributed by atoms with van der Waals surface area (Å²) < 4.78 is 1.98. The molecule has 4 nitrogen and oxygen atoms in total. The van der Waals surface area contributed by atoms with E-state index in [-0.39, 0.29) is 0 Å². The fourth-order valence-corrected chi connectivity index (χ4v) is 2.57. The van der Waals surface area contributed by atoms with Crippen molar-refractivity contribution >= 4 is 17.7 Å². The molecule has 0 aliphatic heterocycles. The van der Waals surface area contributed by atoms with Gasteiger partial charge < -0.3 is 5.11 Å². The Bertz CT molecular complexity index is 848. The van der Waals surface area contributed by atoms with E-state index in [9.17, 15) is 4.79 Å². The number of nitrogens with zero attached hydrogens (tertiary/aromatic N) is 2. The minimum Gasteiger partial charge on any atom is -0.478 e. The van der Waals surface area contributed by atoms with Crippen LogP contribution in [0.5, 0.6) is 0 Å². The third-order valence-electron chi connectivity index (χ3n) is 3.55. The Balaban J connectivity index is 2.14. The van der Waals surface area contributed by atoms with Crippen LogP contribution in [0.1, 0.15) is 22.6 Å². The number of carboxylic acid groups (broad SMARTS) is 1. The minimum atomic E-state index is -0.964. The zero-order valence-electron chi connectivity index (χ0n) is 12.2. The number of aliphatic carboxylic acids is 1. The lowest BCUT2D eigenvalue weighted by molar-refractivity contribution is -0.131. The second-order valence-corrected chi connectivity index (χ2v) is 5.14. The summed E-state index contributed by atoms with van der Waals surface area (Å²) in [6.45, 7) is 1.99. The number of carboxylic acids is 1. The molecule has 110 valence electrons. The van der Waals surface area contributed by atoms with Crippen molar-refractivity contribution in [2.75, 3.05) is 0 Å². The molecule has 22 heavy (non-hydrogen) atoms. The molecule has 0 spiro atoms. The van der Waals surface area contributed by atoms with Crippen molar-refractivity contribution in [1.82, 2.24) is 9.38 Å². The number of hydrogen-bond acceptors (Lipinski definition) is 2. The Kier molecular flexibility index (Phi) is 3.74. The van der Waals surface area contributed by atoms with E-state index in [1.165, 1.54) is 0 Å². The van der Waals surface area contributed by atoms with Crippen LogP contribution in [0.3, 0.4) is 0 Å². The standard InChI is InChI=1S/C18H16N2O2/c1-13-6-5-9-17-19-15(12-14-7-3-2-4-8-14)16(20(13)17)10-11-18(21)22/h2-11H,12H2,1H3,(H,21,22)/b11-10+. The molecule has 0 unspecified atom stereocenters. The predicted octanol–water partition coefficient (Wildman–Crippen LogP) is 3.33. The van der Waals surface area contributed by atoms with Crippen LogP contribution in [0.15, 0.2) is 54.6 Å². The van der Waals surface area contributed by atoms with Crippen LogP contribution in [0.2, 0.25) is 0 Å². The van der Waals surface area contributed by atoms with Gasteiger partial charge in [0.05, 0.1) is 11.4 Å². The zero-order chi connectivity index (χ0) is 15.5. The summed E-state index contributed by atoms with van der Waals surface area (Å²) in [7, 11) is 0. The van der Waals surface area contributed by atoms with E-state index in [2.05, 4.69) is 4.98 Å². The van der Waals surface area contributed by atoms with E-state index >= 15 is 0 Å². The normalized spacial score (nSPS) is 11.3. The van der Waals surface area contributed by atoms with E-state index in [4.69, 9.17) is 5.11 Å². The highest BCUT2D eigenvalue weighted by molar-refractivity contribution is 5.85. The lowest BCUT2D eigenvalue weighted by atomic mass is 10.1. The summed E-state index contributed by atoms with van der Waals surface area (Å²) in [6.07, 6.45) is 3.44. The van der Waals surface area contributed by atoms with E-state index in [0.717, 1.165) is 34.4 Å². The Labute approximate surface area is 128 Å². The van der Waals surface area contributed by atoms with Gasteiger partial charge in [-0.3, -0.25) is 4.40 Å². The van der Waals surface area contributed by atoms with Crippen molar-refractivity contribution in [3.63, 3.8) is 0 Å². The third-order valence-corrected chi connectivity index (χ3v) is 3.55. The SMILES string of the molecule is Cc1cccc2nc(Cc3ccccc3)c(/C=C/C(=O)O)n12. The first-order chi connectivity index (χ1) is 10.6. The summed E-state index contributed by atoms with van der Waals surface area (Å²) in [5, 5.41) is 8.92. The topological polar surface area (TPSA) is 54.6 Å². The van der Waals surface area contributed by atoms with Crippen LogP contribution in [0, 0.1) is 6.92 Å². The molecule has 1 aromatic carbocycles. The van der Waals surface area contributed by atoms with Crippen molar-refractivity contribution in [3.05, 3.63) is 77.3 Å². The van der Waals surface area contributed by atoms with Gasteiger partial charge in [0.1, 0.15) is 5.65 Å². The number of carbonyl (C=O) groups is 1. The summed E-state index contributed by atoms with van der Waals surface area (Å²) in [6, 6.07) is 15.9. The molecular formula is C18H16N2O2. The van der Waals surface area contributed by atoms with Gasteiger partial charge in [0, 0.05) is 18.2 Å². The Morgan fingerprint density at radius 2 is 1.95 bits per heavy atom. The molecule has 0 saturated carbocycles. The third kappa shape index (κ3) is 2.76. The molecule has 0 saturated heterocycles. The lowest BCUT2D eigenvalue weighted by Gasteiger charge is -2.03. The Morgan fingerprint density at radius 3 is 2.68 bits per heavy atom. The van der Waals surface area contributed by atoms with Crippen molar-refractivity contribution in [2.24, 2.45) is 0 Å². The highest BCUT2D eigenvalue weighted by Crippen LogP contribution is 2.20. The lowest BCUT2D eigenvalue weighted by Crippen LogP contribution is -1.96. The molecule has 3 rings (SSSR count). The number of aromatic nitrogens is 2. The molecule has 0 bridgehead atoms. The number of benzene rings is 1. The fraction of sp³-hybridized carbons (Fsp3) is 0.111. The van der Waals surface area contributed by atoms with Crippen LogP contribution in [-0.2, 0) is 11.2 Å². The molecule has 0 amide bonds. The van der Waals surface area contributed by atoms with E-state index in [1.807, 2.05) is 59.9 Å². The highest BCUT2D eigenvalue weighted by atomic mass is 16.4. The van der Waals surface area contributed by atoms with Gasteiger partial charge in [0.25, 0.3) is 0 Å². The zero-order valence-corrected chi connectivity index (χ0v) is 12.2. The van der Waals surface area contributed by atoms with Gasteiger partial charge in [-0.1, -0.05) is 36.4 Å². The number of imidazole rings is 1. The first-order valence-electron chi connectivity index (χ1n) is 7.07. The van der Waals surface area contributed by atoms with E-state index in [1.54, 1.807) is 6.08 Å². The second-order valence-electron chi connectivity index (χ2n) is 5.14. The number of aryl methyl sites for hydroxylation is 1. The minimum absolute atomic E-state index is 0.668. The van der Waals surface area contributed by atoms with Gasteiger partial charge in [-0.05, 0) is 30.7 Å². The van der Waals surface area contributed by atoms with Gasteiger partial charge >= 0.3 is 5.97 Å². The van der Waals surface area contributed by atoms with Crippen molar-refractivity contribution in [1.29, 1.82) is 0 Å². The molecule has 1 N–H and O–H groups in total. The molecule has 4 heteroatoms. The first-order valence-corrected chi connectivity index (χ1v) is 7.07. The molecular weight excluding hydrogens is 276 g/mol. The van der Waals surface area contributed by atoms with Gasteiger partial charge in [-0.15, -0.1) is 0 Å². The van der Waals surface area contributed by atoms with Crippen molar-refractivity contribution in [3.8, 4) is 0 Å². The highest BCUT2D eigenvalue weighted by Gasteiger charge is 2.12. The van der Waals surface area contributed by atoms with E-state index in [0.29, 0.717) is 6.42 Å². The smallest absolute Gasteiger partial charge is 0.328 e. The van der Waals surface area contributed by atoms with Gasteiger partial charge in [0.15, 0.2) is 0 Å². The van der Waals surface area contributed by atoms with Crippen molar-refractivity contribution < 1.29 is 9.90 Å². The fourth-order valence-electron chi connectivity index (χ4n) is 2.57. The average Bonchev–Trinajstić information content (AvgIpc) is 2.85. The molecule has 2 aromatic heterocycles. The van der Waals surface area contributed by atoms with Gasteiger partial charge in [0.2, 0.25) is 0 Å². The maximum absolute atomic E-state index is 10.9. The summed E-state index contributed by atoms with van der Waals surface area (Å²) in [5.41, 5.74) is 4.69. The van der Waals surface area contributed by atoms with Gasteiger partial charge in [-0.25, -0.2) is 9.78 Å². The van der Waals surface area contributed by atoms with Crippen LogP contribution in [-0.4, -0.2) is 20.5 Å². The number of pyridine rings is 1. The van der Waals surface area contributed by atoms with Crippen LogP contribution in [0.4, 0.5) is 0 Å². The maximum atomic E-state index is 10.9. The largest absolute Gasteiger partial charge is 0.478 e. The quantitative estimate of drug-likeness (QED) is 0.750. The average molecular weight is 292 g/mol. The molecule has 0 fully saturated rings. The number of hydrogen-bond donors (Lipinski definition) is 1. The molecule has 0 aliphatic rings. The molecule has 3 aromatic rings. The molecule has 0 atom stereocenters. The molecule has 2 heterocycles. The summed E-state index contributed by atoms with van der Waals surface area (Å²) >= 11 is 0. The Morgan fingerprint density at radius 1 is 1.18 bits per heavy atom. The molecule has 0 aliphatic carbocycles. The first kappa shape index (κ1) is 14.1. The van der Waals surface area contributed by atoms with Crippen LogP contribution < -0.4 is 0 Å². The monoisotopic (exact) mass is 292 g/mol. The molecule has 0 radical (unpaired) electrons.